The first-order valence-electron chi connectivity index (χ1n) is 9.33. The minimum absolute atomic E-state index is 0.0366. The van der Waals surface area contributed by atoms with E-state index in [-0.39, 0.29) is 12.1 Å². The van der Waals surface area contributed by atoms with E-state index >= 15 is 0 Å². The van der Waals surface area contributed by atoms with Gasteiger partial charge in [-0.2, -0.15) is 0 Å². The van der Waals surface area contributed by atoms with Crippen LogP contribution in [0, 0.1) is 0 Å². The SMILES string of the molecule is CCN(C(=O)[C@@H](C)N1CCO[C@@H](CN(C)C)C1)C1CCCCC1. The molecule has 1 aliphatic heterocycles. The van der Waals surface area contributed by atoms with E-state index in [1.807, 2.05) is 0 Å². The number of nitrogens with zero attached hydrogens (tertiary/aromatic N) is 3. The molecule has 1 aliphatic carbocycles. The van der Waals surface area contributed by atoms with Crippen molar-refractivity contribution in [2.45, 2.75) is 64.1 Å². The molecule has 0 bridgehead atoms. The lowest BCUT2D eigenvalue weighted by molar-refractivity contribution is -0.142. The summed E-state index contributed by atoms with van der Waals surface area (Å²) in [5.74, 6) is 0.310. The topological polar surface area (TPSA) is 36.0 Å². The van der Waals surface area contributed by atoms with E-state index in [0.717, 1.165) is 32.8 Å². The van der Waals surface area contributed by atoms with Crippen LogP contribution in [0.1, 0.15) is 46.0 Å². The van der Waals surface area contributed by atoms with E-state index in [0.29, 0.717) is 11.9 Å². The molecule has 0 spiro atoms. The number of carbonyl (C=O) groups excluding carboxylic acids is 1. The van der Waals surface area contributed by atoms with Gasteiger partial charge in [-0.1, -0.05) is 19.3 Å². The van der Waals surface area contributed by atoms with E-state index < -0.39 is 0 Å². The second-order valence-electron chi connectivity index (χ2n) is 7.34. The Morgan fingerprint density at radius 1 is 1.26 bits per heavy atom. The molecule has 2 fully saturated rings. The number of hydrogen-bond donors (Lipinski definition) is 0. The number of likely N-dealkylation sites (N-methyl/N-ethyl adjacent to an activating group) is 2. The van der Waals surface area contributed by atoms with Gasteiger partial charge in [0.2, 0.25) is 5.91 Å². The maximum absolute atomic E-state index is 13.0. The molecule has 0 N–H and O–H groups in total. The van der Waals surface area contributed by atoms with Crippen molar-refractivity contribution in [1.29, 1.82) is 0 Å². The standard InChI is InChI=1S/C18H35N3O2/c1-5-21(16-9-7-6-8-10-16)18(22)15(2)20-11-12-23-17(14-20)13-19(3)4/h15-17H,5-14H2,1-4H3/t15-,17+/m1/s1. The van der Waals surface area contributed by atoms with Crippen LogP contribution in [0.5, 0.6) is 0 Å². The lowest BCUT2D eigenvalue weighted by atomic mass is 9.93. The highest BCUT2D eigenvalue weighted by atomic mass is 16.5. The van der Waals surface area contributed by atoms with Crippen LogP contribution in [0.3, 0.4) is 0 Å². The molecule has 1 saturated heterocycles. The highest BCUT2D eigenvalue weighted by Gasteiger charge is 2.33. The van der Waals surface area contributed by atoms with Crippen molar-refractivity contribution in [2.24, 2.45) is 0 Å². The average molecular weight is 325 g/mol. The normalized spacial score (nSPS) is 25.5. The predicted octanol–water partition coefficient (Wildman–Crippen LogP) is 1.82. The zero-order chi connectivity index (χ0) is 16.8. The molecule has 1 heterocycles. The van der Waals surface area contributed by atoms with Gasteiger partial charge in [0.1, 0.15) is 0 Å². The van der Waals surface area contributed by atoms with E-state index in [1.54, 1.807) is 0 Å². The molecular formula is C18H35N3O2. The third-order valence-corrected chi connectivity index (χ3v) is 5.28. The van der Waals surface area contributed by atoms with E-state index in [2.05, 4.69) is 42.6 Å². The summed E-state index contributed by atoms with van der Waals surface area (Å²) >= 11 is 0. The maximum Gasteiger partial charge on any atom is 0.239 e. The summed E-state index contributed by atoms with van der Waals surface area (Å²) in [5, 5.41) is 0. The third kappa shape index (κ3) is 5.16. The summed E-state index contributed by atoms with van der Waals surface area (Å²) in [4.78, 5) is 19.6. The van der Waals surface area contributed by atoms with Gasteiger partial charge in [-0.3, -0.25) is 9.69 Å². The van der Waals surface area contributed by atoms with Crippen LogP contribution in [0.15, 0.2) is 0 Å². The molecule has 0 aromatic carbocycles. The summed E-state index contributed by atoms with van der Waals surface area (Å²) in [5.41, 5.74) is 0. The molecule has 5 nitrogen and oxygen atoms in total. The van der Waals surface area contributed by atoms with Crippen molar-refractivity contribution in [3.8, 4) is 0 Å². The number of hydrogen-bond acceptors (Lipinski definition) is 4. The van der Waals surface area contributed by atoms with Gasteiger partial charge in [0.05, 0.1) is 18.8 Å². The number of morpholine rings is 1. The molecule has 0 aromatic heterocycles. The average Bonchev–Trinajstić information content (AvgIpc) is 2.55. The Morgan fingerprint density at radius 3 is 2.57 bits per heavy atom. The lowest BCUT2D eigenvalue weighted by Gasteiger charge is -2.41. The summed E-state index contributed by atoms with van der Waals surface area (Å²) in [6.45, 7) is 8.38. The molecule has 2 atom stereocenters. The monoisotopic (exact) mass is 325 g/mol. The van der Waals surface area contributed by atoms with Crippen LogP contribution in [-0.2, 0) is 9.53 Å². The predicted molar refractivity (Wildman–Crippen MR) is 93.6 cm³/mol. The number of amides is 1. The zero-order valence-corrected chi connectivity index (χ0v) is 15.5. The van der Waals surface area contributed by atoms with Gasteiger partial charge in [-0.25, -0.2) is 0 Å². The molecule has 0 aromatic rings. The van der Waals surface area contributed by atoms with Crippen molar-refractivity contribution in [1.82, 2.24) is 14.7 Å². The van der Waals surface area contributed by atoms with Gasteiger partial charge < -0.3 is 14.5 Å². The second-order valence-corrected chi connectivity index (χ2v) is 7.34. The fourth-order valence-electron chi connectivity index (χ4n) is 3.99. The van der Waals surface area contributed by atoms with Crippen molar-refractivity contribution in [2.75, 3.05) is 46.9 Å². The fourth-order valence-corrected chi connectivity index (χ4v) is 3.99. The first-order chi connectivity index (χ1) is 11.0. The van der Waals surface area contributed by atoms with Crippen molar-refractivity contribution < 1.29 is 9.53 Å². The van der Waals surface area contributed by atoms with E-state index in [4.69, 9.17) is 4.74 Å². The van der Waals surface area contributed by atoms with Gasteiger partial charge in [-0.05, 0) is 40.8 Å². The van der Waals surface area contributed by atoms with Crippen LogP contribution < -0.4 is 0 Å². The Balaban J connectivity index is 1.93. The quantitative estimate of drug-likeness (QED) is 0.746. The van der Waals surface area contributed by atoms with Crippen LogP contribution in [0.25, 0.3) is 0 Å². The molecule has 2 rings (SSSR count). The van der Waals surface area contributed by atoms with E-state index in [1.165, 1.54) is 32.1 Å². The highest BCUT2D eigenvalue weighted by molar-refractivity contribution is 5.81. The van der Waals surface area contributed by atoms with Gasteiger partial charge >= 0.3 is 0 Å². The van der Waals surface area contributed by atoms with Crippen molar-refractivity contribution >= 4 is 5.91 Å². The lowest BCUT2D eigenvalue weighted by Crippen LogP contribution is -2.56. The largest absolute Gasteiger partial charge is 0.374 e. The van der Waals surface area contributed by atoms with Crippen LogP contribution >= 0.6 is 0 Å². The van der Waals surface area contributed by atoms with Gasteiger partial charge in [-0.15, -0.1) is 0 Å². The molecule has 23 heavy (non-hydrogen) atoms. The molecular weight excluding hydrogens is 290 g/mol. The molecule has 134 valence electrons. The summed E-state index contributed by atoms with van der Waals surface area (Å²) in [6.07, 6.45) is 6.43. The zero-order valence-electron chi connectivity index (χ0n) is 15.5. The highest BCUT2D eigenvalue weighted by Crippen LogP contribution is 2.24. The number of rotatable bonds is 6. The van der Waals surface area contributed by atoms with Gasteiger partial charge in [0.25, 0.3) is 0 Å². The van der Waals surface area contributed by atoms with Crippen LogP contribution in [-0.4, -0.2) is 85.7 Å². The van der Waals surface area contributed by atoms with Gasteiger partial charge in [0, 0.05) is 32.2 Å². The minimum Gasteiger partial charge on any atom is -0.374 e. The summed E-state index contributed by atoms with van der Waals surface area (Å²) < 4.78 is 5.84. The minimum atomic E-state index is -0.0366. The Kier molecular flexibility index (Phi) is 7.31. The number of carbonyl (C=O) groups is 1. The van der Waals surface area contributed by atoms with Gasteiger partial charge in [0.15, 0.2) is 0 Å². The first kappa shape index (κ1) is 18.7. The summed E-state index contributed by atoms with van der Waals surface area (Å²) in [6, 6.07) is 0.424. The maximum atomic E-state index is 13.0. The molecule has 0 radical (unpaired) electrons. The number of ether oxygens (including phenoxy) is 1. The molecule has 1 amide bonds. The Labute approximate surface area is 141 Å². The molecule has 1 saturated carbocycles. The van der Waals surface area contributed by atoms with Crippen LogP contribution in [0.4, 0.5) is 0 Å². The summed E-state index contributed by atoms with van der Waals surface area (Å²) in [7, 11) is 4.14. The Hall–Kier alpha value is -0.650. The first-order valence-corrected chi connectivity index (χ1v) is 9.33. The van der Waals surface area contributed by atoms with Crippen LogP contribution in [0.2, 0.25) is 0 Å². The molecule has 0 unspecified atom stereocenters. The fraction of sp³-hybridized carbons (Fsp3) is 0.944. The van der Waals surface area contributed by atoms with E-state index in [9.17, 15) is 4.79 Å². The Morgan fingerprint density at radius 2 is 1.96 bits per heavy atom. The Bertz CT molecular complexity index is 369. The smallest absolute Gasteiger partial charge is 0.239 e. The van der Waals surface area contributed by atoms with Crippen molar-refractivity contribution in [3.05, 3.63) is 0 Å². The third-order valence-electron chi connectivity index (χ3n) is 5.28. The second kappa shape index (κ2) is 9.00. The molecule has 2 aliphatic rings. The van der Waals surface area contributed by atoms with Crippen molar-refractivity contribution in [3.63, 3.8) is 0 Å². The molecule has 5 heteroatoms.